The lowest BCUT2D eigenvalue weighted by molar-refractivity contribution is 1.23. The number of nitrogens with zero attached hydrogens (tertiary/aromatic N) is 2. The number of hydrogen-bond acceptors (Lipinski definition) is 4. The van der Waals surface area contributed by atoms with Crippen LogP contribution in [0.4, 0.5) is 22.7 Å². The number of anilines is 2. The fraction of sp³-hybridized carbons (Fsp3) is 0. The second-order valence-corrected chi connectivity index (χ2v) is 4.93. The summed E-state index contributed by atoms with van der Waals surface area (Å²) >= 11 is 0. The predicted octanol–water partition coefficient (Wildman–Crippen LogP) is 4.93. The van der Waals surface area contributed by atoms with Crippen LogP contribution in [0.5, 0.6) is 0 Å². The van der Waals surface area contributed by atoms with Gasteiger partial charge in [-0.3, -0.25) is 0 Å². The normalized spacial score (nSPS) is 10.9. The molecule has 108 valence electrons. The van der Waals surface area contributed by atoms with E-state index < -0.39 is 0 Å². The summed E-state index contributed by atoms with van der Waals surface area (Å²) in [5, 5.41) is 8.41. The molecule has 0 aliphatic rings. The van der Waals surface area contributed by atoms with E-state index in [9.17, 15) is 0 Å². The van der Waals surface area contributed by atoms with Crippen molar-refractivity contribution in [3.63, 3.8) is 0 Å². The van der Waals surface area contributed by atoms with Gasteiger partial charge in [-0.15, -0.1) is 0 Å². The molecular formula is C18H16N4. The highest BCUT2D eigenvalue weighted by Gasteiger charge is 2.03. The SMILES string of the molecule is Nc1ccc(-c2ccc(N=Nc3ccccc3)cc2)c(N)c1. The first-order valence-electron chi connectivity index (χ1n) is 6.94. The van der Waals surface area contributed by atoms with E-state index in [1.165, 1.54) is 0 Å². The quantitative estimate of drug-likeness (QED) is 0.529. The number of nitrogens with two attached hydrogens (primary N) is 2. The van der Waals surface area contributed by atoms with Gasteiger partial charge in [-0.05, 0) is 42.0 Å². The second-order valence-electron chi connectivity index (χ2n) is 4.93. The second kappa shape index (κ2) is 6.10. The van der Waals surface area contributed by atoms with Gasteiger partial charge in [0.1, 0.15) is 0 Å². The highest BCUT2D eigenvalue weighted by molar-refractivity contribution is 5.79. The van der Waals surface area contributed by atoms with Crippen molar-refractivity contribution in [2.24, 2.45) is 10.2 Å². The van der Waals surface area contributed by atoms with Gasteiger partial charge in [0.25, 0.3) is 0 Å². The number of hydrogen-bond donors (Lipinski definition) is 2. The molecule has 4 heteroatoms. The van der Waals surface area contributed by atoms with Crippen molar-refractivity contribution in [3.05, 3.63) is 72.8 Å². The van der Waals surface area contributed by atoms with Crippen LogP contribution in [0.25, 0.3) is 11.1 Å². The zero-order chi connectivity index (χ0) is 15.4. The van der Waals surface area contributed by atoms with Gasteiger partial charge in [0.2, 0.25) is 0 Å². The van der Waals surface area contributed by atoms with E-state index in [1.807, 2.05) is 66.7 Å². The number of nitrogen functional groups attached to an aromatic ring is 2. The van der Waals surface area contributed by atoms with Crippen LogP contribution in [0.15, 0.2) is 83.0 Å². The van der Waals surface area contributed by atoms with Crippen LogP contribution >= 0.6 is 0 Å². The molecule has 3 rings (SSSR count). The Hall–Kier alpha value is -3.14. The van der Waals surface area contributed by atoms with E-state index in [0.717, 1.165) is 22.5 Å². The van der Waals surface area contributed by atoms with Gasteiger partial charge in [0.15, 0.2) is 0 Å². The smallest absolute Gasteiger partial charge is 0.0857 e. The fourth-order valence-electron chi connectivity index (χ4n) is 2.16. The molecule has 3 aromatic rings. The standard InChI is InChI=1S/C18H16N4/c19-14-8-11-17(18(20)12-14)13-6-9-16(10-7-13)22-21-15-4-2-1-3-5-15/h1-12H,19-20H2. The number of azo groups is 1. The summed E-state index contributed by atoms with van der Waals surface area (Å²) in [6, 6.07) is 22.9. The molecule has 0 aliphatic heterocycles. The molecule has 0 aromatic heterocycles. The monoisotopic (exact) mass is 288 g/mol. The van der Waals surface area contributed by atoms with Crippen molar-refractivity contribution in [2.45, 2.75) is 0 Å². The minimum absolute atomic E-state index is 0.662. The minimum Gasteiger partial charge on any atom is -0.399 e. The average Bonchev–Trinajstić information content (AvgIpc) is 2.55. The van der Waals surface area contributed by atoms with Crippen LogP contribution in [-0.4, -0.2) is 0 Å². The highest BCUT2D eigenvalue weighted by Crippen LogP contribution is 2.29. The molecule has 0 spiro atoms. The minimum atomic E-state index is 0.662. The maximum Gasteiger partial charge on any atom is 0.0857 e. The number of rotatable bonds is 3. The zero-order valence-electron chi connectivity index (χ0n) is 12.0. The fourth-order valence-corrected chi connectivity index (χ4v) is 2.16. The van der Waals surface area contributed by atoms with Crippen molar-refractivity contribution < 1.29 is 0 Å². The van der Waals surface area contributed by atoms with Gasteiger partial charge < -0.3 is 11.5 Å². The molecule has 0 heterocycles. The third-order valence-corrected chi connectivity index (χ3v) is 3.29. The van der Waals surface area contributed by atoms with Crippen molar-refractivity contribution in [1.29, 1.82) is 0 Å². The van der Waals surface area contributed by atoms with Gasteiger partial charge in [-0.1, -0.05) is 36.4 Å². The molecule has 4 nitrogen and oxygen atoms in total. The first kappa shape index (κ1) is 13.8. The summed E-state index contributed by atoms with van der Waals surface area (Å²) < 4.78 is 0. The summed E-state index contributed by atoms with van der Waals surface area (Å²) in [7, 11) is 0. The Morgan fingerprint density at radius 2 is 1.27 bits per heavy atom. The van der Waals surface area contributed by atoms with E-state index in [0.29, 0.717) is 11.4 Å². The molecule has 0 saturated heterocycles. The summed E-state index contributed by atoms with van der Waals surface area (Å²) in [5.41, 5.74) is 16.7. The van der Waals surface area contributed by atoms with Crippen molar-refractivity contribution in [1.82, 2.24) is 0 Å². The van der Waals surface area contributed by atoms with E-state index in [1.54, 1.807) is 6.07 Å². The predicted molar refractivity (Wildman–Crippen MR) is 91.3 cm³/mol. The van der Waals surface area contributed by atoms with Gasteiger partial charge in [-0.25, -0.2) is 0 Å². The van der Waals surface area contributed by atoms with Crippen LogP contribution in [-0.2, 0) is 0 Å². The highest BCUT2D eigenvalue weighted by atomic mass is 15.1. The van der Waals surface area contributed by atoms with E-state index in [2.05, 4.69) is 10.2 Å². The maximum absolute atomic E-state index is 6.00. The Morgan fingerprint density at radius 3 is 1.91 bits per heavy atom. The molecule has 0 amide bonds. The molecule has 3 aromatic carbocycles. The van der Waals surface area contributed by atoms with Crippen LogP contribution in [0, 0.1) is 0 Å². The van der Waals surface area contributed by atoms with E-state index >= 15 is 0 Å². The first-order chi connectivity index (χ1) is 10.7. The lowest BCUT2D eigenvalue weighted by Crippen LogP contribution is -1.92. The molecule has 22 heavy (non-hydrogen) atoms. The molecule has 0 unspecified atom stereocenters. The Morgan fingerprint density at radius 1 is 0.636 bits per heavy atom. The van der Waals surface area contributed by atoms with Gasteiger partial charge in [0.05, 0.1) is 11.4 Å². The van der Waals surface area contributed by atoms with Crippen LogP contribution in [0.1, 0.15) is 0 Å². The third kappa shape index (κ3) is 3.12. The molecule has 0 saturated carbocycles. The summed E-state index contributed by atoms with van der Waals surface area (Å²) in [5.74, 6) is 0. The molecule has 0 atom stereocenters. The Bertz CT molecular complexity index is 793. The van der Waals surface area contributed by atoms with E-state index in [-0.39, 0.29) is 0 Å². The van der Waals surface area contributed by atoms with Gasteiger partial charge >= 0.3 is 0 Å². The average molecular weight is 288 g/mol. The molecule has 0 bridgehead atoms. The third-order valence-electron chi connectivity index (χ3n) is 3.29. The summed E-state index contributed by atoms with van der Waals surface area (Å²) in [4.78, 5) is 0. The zero-order valence-corrected chi connectivity index (χ0v) is 12.0. The van der Waals surface area contributed by atoms with Crippen molar-refractivity contribution >= 4 is 22.7 Å². The van der Waals surface area contributed by atoms with E-state index in [4.69, 9.17) is 11.5 Å². The van der Waals surface area contributed by atoms with Gasteiger partial charge in [-0.2, -0.15) is 10.2 Å². The van der Waals surface area contributed by atoms with Crippen LogP contribution in [0.2, 0.25) is 0 Å². The largest absolute Gasteiger partial charge is 0.399 e. The molecule has 0 fully saturated rings. The molecule has 0 aliphatic carbocycles. The van der Waals surface area contributed by atoms with Crippen LogP contribution < -0.4 is 11.5 Å². The lowest BCUT2D eigenvalue weighted by atomic mass is 10.0. The summed E-state index contributed by atoms with van der Waals surface area (Å²) in [6.07, 6.45) is 0. The lowest BCUT2D eigenvalue weighted by Gasteiger charge is -2.06. The maximum atomic E-state index is 6.00. The Kier molecular flexibility index (Phi) is 3.83. The van der Waals surface area contributed by atoms with Gasteiger partial charge in [0, 0.05) is 16.9 Å². The Balaban J connectivity index is 1.82. The molecule has 0 radical (unpaired) electrons. The molecular weight excluding hydrogens is 272 g/mol. The van der Waals surface area contributed by atoms with Crippen molar-refractivity contribution in [2.75, 3.05) is 11.5 Å². The number of benzene rings is 3. The first-order valence-corrected chi connectivity index (χ1v) is 6.94. The van der Waals surface area contributed by atoms with Crippen LogP contribution in [0.3, 0.4) is 0 Å². The molecule has 4 N–H and O–H groups in total. The Labute approximate surface area is 129 Å². The van der Waals surface area contributed by atoms with Crippen molar-refractivity contribution in [3.8, 4) is 11.1 Å². The summed E-state index contributed by atoms with van der Waals surface area (Å²) in [6.45, 7) is 0. The topological polar surface area (TPSA) is 76.8 Å².